The molecule has 0 N–H and O–H groups in total. The number of imide groups is 1. The number of benzene rings is 2. The summed E-state index contributed by atoms with van der Waals surface area (Å²) < 4.78 is 0. The van der Waals surface area contributed by atoms with E-state index in [1.54, 1.807) is 72.1 Å². The summed E-state index contributed by atoms with van der Waals surface area (Å²) in [6, 6.07) is 19.2. The Bertz CT molecular complexity index is 1060. The zero-order valence-electron chi connectivity index (χ0n) is 15.2. The van der Waals surface area contributed by atoms with Gasteiger partial charge in [-0.15, -0.1) is 0 Å². The van der Waals surface area contributed by atoms with Crippen molar-refractivity contribution in [1.29, 1.82) is 0 Å². The number of fused-ring (bicyclic) bond motifs is 1. The number of hydrogen-bond donors (Lipinski definition) is 0. The molecule has 3 aromatic rings. The van der Waals surface area contributed by atoms with Crippen molar-refractivity contribution in [2.45, 2.75) is 12.1 Å². The Hall–Kier alpha value is -3.22. The Balaban J connectivity index is 1.58. The zero-order chi connectivity index (χ0) is 20.0. The number of rotatable bonds is 3. The van der Waals surface area contributed by atoms with Gasteiger partial charge in [0.05, 0.1) is 17.4 Å². The normalized spacial score (nSPS) is 23.6. The molecule has 2 amide bonds. The van der Waals surface area contributed by atoms with Crippen molar-refractivity contribution < 1.29 is 14.4 Å². The molecule has 3 heterocycles. The molecule has 0 saturated carbocycles. The van der Waals surface area contributed by atoms with Gasteiger partial charge in [-0.1, -0.05) is 35.9 Å². The van der Waals surface area contributed by atoms with Gasteiger partial charge >= 0.3 is 0 Å². The minimum Gasteiger partial charge on any atom is -0.273 e. The van der Waals surface area contributed by atoms with Crippen molar-refractivity contribution in [3.05, 3.63) is 89.7 Å². The number of hydrogen-bond acceptors (Lipinski definition) is 5. The van der Waals surface area contributed by atoms with Crippen LogP contribution in [0.3, 0.4) is 0 Å². The van der Waals surface area contributed by atoms with Gasteiger partial charge in [-0.25, -0.2) is 9.96 Å². The Labute approximate surface area is 172 Å². The highest BCUT2D eigenvalue weighted by atomic mass is 35.5. The first kappa shape index (κ1) is 17.8. The molecule has 144 valence electrons. The monoisotopic (exact) mass is 405 g/mol. The molecule has 2 fully saturated rings. The van der Waals surface area contributed by atoms with E-state index < -0.39 is 18.1 Å². The maximum atomic E-state index is 13.4. The number of para-hydroxylation sites is 1. The average molecular weight is 406 g/mol. The highest BCUT2D eigenvalue weighted by Crippen LogP contribution is 2.47. The molecule has 0 aliphatic carbocycles. The van der Waals surface area contributed by atoms with E-state index >= 15 is 0 Å². The van der Waals surface area contributed by atoms with E-state index in [1.165, 1.54) is 4.90 Å². The molecule has 5 rings (SSSR count). The molecule has 0 radical (unpaired) electrons. The van der Waals surface area contributed by atoms with Crippen molar-refractivity contribution in [3.63, 3.8) is 0 Å². The molecule has 2 aliphatic heterocycles. The predicted molar refractivity (Wildman–Crippen MR) is 108 cm³/mol. The van der Waals surface area contributed by atoms with Crippen LogP contribution in [0.5, 0.6) is 0 Å². The molecular formula is C22H16ClN3O3. The van der Waals surface area contributed by atoms with Crippen LogP contribution in [0, 0.1) is 5.92 Å². The quantitative estimate of drug-likeness (QED) is 0.620. The van der Waals surface area contributed by atoms with Crippen LogP contribution in [0.25, 0.3) is 0 Å². The smallest absolute Gasteiger partial charge is 0.266 e. The molecule has 1 aromatic heterocycles. The molecule has 2 aliphatic rings. The van der Waals surface area contributed by atoms with E-state index in [2.05, 4.69) is 4.98 Å². The molecule has 29 heavy (non-hydrogen) atoms. The fraction of sp³-hybridized carbons (Fsp3) is 0.136. The number of halogens is 1. The van der Waals surface area contributed by atoms with Crippen LogP contribution in [-0.4, -0.2) is 22.9 Å². The van der Waals surface area contributed by atoms with E-state index in [0.29, 0.717) is 16.4 Å². The number of amides is 2. The van der Waals surface area contributed by atoms with E-state index in [-0.39, 0.29) is 11.8 Å². The van der Waals surface area contributed by atoms with Crippen molar-refractivity contribution in [2.24, 2.45) is 5.92 Å². The van der Waals surface area contributed by atoms with Gasteiger partial charge in [0.1, 0.15) is 5.92 Å². The van der Waals surface area contributed by atoms with Crippen LogP contribution in [0.15, 0.2) is 79.1 Å². The van der Waals surface area contributed by atoms with Crippen molar-refractivity contribution in [3.8, 4) is 0 Å². The second-order valence-corrected chi connectivity index (χ2v) is 7.37. The third kappa shape index (κ3) is 2.88. The van der Waals surface area contributed by atoms with Crippen molar-refractivity contribution in [2.75, 3.05) is 9.96 Å². The van der Waals surface area contributed by atoms with Gasteiger partial charge in [0.15, 0.2) is 6.10 Å². The summed E-state index contributed by atoms with van der Waals surface area (Å²) in [7, 11) is 0. The Morgan fingerprint density at radius 1 is 0.862 bits per heavy atom. The lowest BCUT2D eigenvalue weighted by Crippen LogP contribution is -2.37. The topological polar surface area (TPSA) is 62.7 Å². The Morgan fingerprint density at radius 2 is 1.62 bits per heavy atom. The SMILES string of the molecule is O=C1C2ON(c3ccc(Cl)cc3)C(c3cccnc3)C2C(=O)N1c1ccccc1. The third-order valence-electron chi connectivity index (χ3n) is 5.24. The van der Waals surface area contributed by atoms with Crippen LogP contribution < -0.4 is 9.96 Å². The van der Waals surface area contributed by atoms with Crippen molar-refractivity contribution in [1.82, 2.24) is 4.98 Å². The Kier molecular flexibility index (Phi) is 4.30. The van der Waals surface area contributed by atoms with Crippen molar-refractivity contribution >= 4 is 34.8 Å². The highest BCUT2D eigenvalue weighted by Gasteiger charge is 2.60. The number of carbonyl (C=O) groups is 2. The number of aromatic nitrogens is 1. The third-order valence-corrected chi connectivity index (χ3v) is 5.49. The number of pyridine rings is 1. The number of hydroxylamine groups is 1. The fourth-order valence-corrected chi connectivity index (χ4v) is 4.07. The molecule has 0 bridgehead atoms. The maximum absolute atomic E-state index is 13.4. The summed E-state index contributed by atoms with van der Waals surface area (Å²) in [4.78, 5) is 38.0. The number of anilines is 2. The minimum absolute atomic E-state index is 0.281. The second-order valence-electron chi connectivity index (χ2n) is 6.93. The molecule has 2 saturated heterocycles. The highest BCUT2D eigenvalue weighted by molar-refractivity contribution is 6.30. The van der Waals surface area contributed by atoms with Crippen LogP contribution in [0.2, 0.25) is 5.02 Å². The fourth-order valence-electron chi connectivity index (χ4n) is 3.95. The van der Waals surface area contributed by atoms with E-state index in [9.17, 15) is 9.59 Å². The number of carbonyl (C=O) groups excluding carboxylic acids is 2. The lowest BCUT2D eigenvalue weighted by molar-refractivity contribution is -0.126. The van der Waals surface area contributed by atoms with Gasteiger partial charge in [-0.2, -0.15) is 0 Å². The van der Waals surface area contributed by atoms with Crippen LogP contribution in [0.1, 0.15) is 11.6 Å². The van der Waals surface area contributed by atoms with Gasteiger partial charge in [-0.3, -0.25) is 19.4 Å². The van der Waals surface area contributed by atoms with Crippen LogP contribution >= 0.6 is 11.6 Å². The summed E-state index contributed by atoms with van der Waals surface area (Å²) in [6.45, 7) is 0. The van der Waals surface area contributed by atoms with Gasteiger partial charge in [0.25, 0.3) is 5.91 Å². The molecule has 3 atom stereocenters. The summed E-state index contributed by atoms with van der Waals surface area (Å²) in [5.41, 5.74) is 2.05. The molecule has 3 unspecified atom stereocenters. The van der Waals surface area contributed by atoms with Crippen LogP contribution in [0.4, 0.5) is 11.4 Å². The minimum atomic E-state index is -0.899. The lowest BCUT2D eigenvalue weighted by Gasteiger charge is -2.28. The first-order chi connectivity index (χ1) is 14.1. The van der Waals surface area contributed by atoms with Gasteiger partial charge in [0, 0.05) is 17.4 Å². The van der Waals surface area contributed by atoms with Gasteiger partial charge < -0.3 is 0 Å². The molecule has 0 spiro atoms. The molecular weight excluding hydrogens is 390 g/mol. The maximum Gasteiger partial charge on any atom is 0.266 e. The van der Waals surface area contributed by atoms with E-state index in [4.69, 9.17) is 16.4 Å². The van der Waals surface area contributed by atoms with Gasteiger partial charge in [-0.05, 0) is 48.0 Å². The van der Waals surface area contributed by atoms with Crippen LogP contribution in [-0.2, 0) is 14.4 Å². The second kappa shape index (κ2) is 6.99. The molecule has 2 aromatic carbocycles. The standard InChI is InChI=1S/C22H16ClN3O3/c23-15-8-10-17(11-9-15)26-19(14-5-4-12-24-13-14)18-20(29-26)22(28)25(21(18)27)16-6-2-1-3-7-16/h1-13,18-20H. The summed E-state index contributed by atoms with van der Waals surface area (Å²) in [6.07, 6.45) is 2.47. The average Bonchev–Trinajstić information content (AvgIpc) is 3.26. The van der Waals surface area contributed by atoms with Gasteiger partial charge in [0.2, 0.25) is 5.91 Å². The molecule has 6 nitrogen and oxygen atoms in total. The first-order valence-electron chi connectivity index (χ1n) is 9.19. The van der Waals surface area contributed by atoms with E-state index in [1.807, 2.05) is 12.1 Å². The largest absolute Gasteiger partial charge is 0.273 e. The first-order valence-corrected chi connectivity index (χ1v) is 9.57. The summed E-state index contributed by atoms with van der Waals surface area (Å²) in [5, 5.41) is 2.22. The lowest BCUT2D eigenvalue weighted by atomic mass is 9.91. The number of nitrogens with zero attached hydrogens (tertiary/aromatic N) is 3. The summed E-state index contributed by atoms with van der Waals surface area (Å²) in [5.74, 6) is -1.32. The zero-order valence-corrected chi connectivity index (χ0v) is 15.9. The molecule has 7 heteroatoms. The van der Waals surface area contributed by atoms with E-state index in [0.717, 1.165) is 5.56 Å². The summed E-state index contributed by atoms with van der Waals surface area (Å²) >= 11 is 6.02. The Morgan fingerprint density at radius 3 is 2.31 bits per heavy atom. The predicted octanol–water partition coefficient (Wildman–Crippen LogP) is 3.79.